The predicted octanol–water partition coefficient (Wildman–Crippen LogP) is 5.35. The topological polar surface area (TPSA) is 112 Å². The fourth-order valence-corrected chi connectivity index (χ4v) is 5.11. The minimum absolute atomic E-state index is 0.0978. The highest BCUT2D eigenvalue weighted by atomic mass is 32.2. The van der Waals surface area contributed by atoms with Gasteiger partial charge in [-0.15, -0.1) is 11.3 Å². The van der Waals surface area contributed by atoms with Gasteiger partial charge < -0.3 is 4.74 Å². The number of thiazole rings is 1. The van der Waals surface area contributed by atoms with Crippen LogP contribution in [0.1, 0.15) is 5.01 Å². The summed E-state index contributed by atoms with van der Waals surface area (Å²) in [7, 11) is -3.98. The van der Waals surface area contributed by atoms with Gasteiger partial charge in [0.25, 0.3) is 5.69 Å². The summed E-state index contributed by atoms with van der Waals surface area (Å²) in [6.45, 7) is 3.71. The molecule has 0 aliphatic carbocycles. The third kappa shape index (κ3) is 4.27. The summed E-state index contributed by atoms with van der Waals surface area (Å²) in [5.41, 5.74) is 0.453. The number of hydrogen-bond acceptors (Lipinski definition) is 8. The molecule has 32 heavy (non-hydrogen) atoms. The third-order valence-electron chi connectivity index (χ3n) is 4.44. The zero-order valence-corrected chi connectivity index (χ0v) is 18.0. The maximum Gasteiger partial charge on any atom is 0.269 e. The molecule has 10 heteroatoms. The van der Waals surface area contributed by atoms with E-state index in [0.29, 0.717) is 21.9 Å². The largest absolute Gasteiger partial charge is 0.457 e. The molecule has 0 bridgehead atoms. The van der Waals surface area contributed by atoms with Crippen molar-refractivity contribution in [2.24, 2.45) is 0 Å². The molecule has 0 atom stereocenters. The van der Waals surface area contributed by atoms with Crippen molar-refractivity contribution in [1.82, 2.24) is 9.97 Å². The van der Waals surface area contributed by atoms with Crippen LogP contribution in [-0.4, -0.2) is 23.3 Å². The number of ether oxygens (including phenoxy) is 1. The van der Waals surface area contributed by atoms with E-state index in [2.05, 4.69) is 16.5 Å². The van der Waals surface area contributed by atoms with E-state index in [1.54, 1.807) is 18.5 Å². The SMILES string of the molecule is C=C(c1ncc(-c2cnccc2Oc2ccccc2)s1)S(=O)(=O)c1ccc([N+](=O)[O-])cc1. The second-order valence-corrected chi connectivity index (χ2v) is 9.50. The number of hydrogen-bond donors (Lipinski definition) is 0. The lowest BCUT2D eigenvalue weighted by Crippen LogP contribution is -2.03. The van der Waals surface area contributed by atoms with Crippen molar-refractivity contribution in [2.45, 2.75) is 4.90 Å². The molecule has 4 aromatic rings. The molecule has 2 heterocycles. The van der Waals surface area contributed by atoms with Crippen molar-refractivity contribution < 1.29 is 18.1 Å². The molecule has 0 radical (unpaired) electrons. The van der Waals surface area contributed by atoms with E-state index in [-0.39, 0.29) is 20.5 Å². The monoisotopic (exact) mass is 465 g/mol. The van der Waals surface area contributed by atoms with Crippen molar-refractivity contribution in [3.8, 4) is 21.9 Å². The van der Waals surface area contributed by atoms with Crippen LogP contribution < -0.4 is 4.74 Å². The van der Waals surface area contributed by atoms with Gasteiger partial charge in [0.15, 0.2) is 0 Å². The van der Waals surface area contributed by atoms with Gasteiger partial charge in [0.2, 0.25) is 9.84 Å². The fraction of sp³-hybridized carbons (Fsp3) is 0. The first-order chi connectivity index (χ1) is 15.4. The van der Waals surface area contributed by atoms with Gasteiger partial charge in [-0.1, -0.05) is 24.8 Å². The number of non-ortho nitro benzene ring substituents is 1. The number of aromatic nitrogens is 2. The highest BCUT2D eigenvalue weighted by molar-refractivity contribution is 8.00. The number of nitro benzene ring substituents is 1. The van der Waals surface area contributed by atoms with Gasteiger partial charge in [-0.3, -0.25) is 15.1 Å². The van der Waals surface area contributed by atoms with Gasteiger partial charge in [0.05, 0.1) is 20.3 Å². The summed E-state index contributed by atoms with van der Waals surface area (Å²) in [5, 5.41) is 11.0. The van der Waals surface area contributed by atoms with Crippen molar-refractivity contribution in [2.75, 3.05) is 0 Å². The molecule has 4 rings (SSSR count). The van der Waals surface area contributed by atoms with Crippen molar-refractivity contribution in [1.29, 1.82) is 0 Å². The van der Waals surface area contributed by atoms with Crippen LogP contribution >= 0.6 is 11.3 Å². The van der Waals surface area contributed by atoms with E-state index in [4.69, 9.17) is 4.74 Å². The van der Waals surface area contributed by atoms with Gasteiger partial charge in [0.1, 0.15) is 21.4 Å². The summed E-state index contributed by atoms with van der Waals surface area (Å²) in [6, 6.07) is 15.6. The van der Waals surface area contributed by atoms with Crippen LogP contribution in [0.15, 0.2) is 90.7 Å². The molecular weight excluding hydrogens is 450 g/mol. The molecule has 0 spiro atoms. The number of benzene rings is 2. The maximum atomic E-state index is 12.9. The quantitative estimate of drug-likeness (QED) is 0.267. The number of rotatable bonds is 7. The number of nitro groups is 1. The Bertz CT molecular complexity index is 1400. The molecule has 8 nitrogen and oxygen atoms in total. The lowest BCUT2D eigenvalue weighted by Gasteiger charge is -2.09. The lowest BCUT2D eigenvalue weighted by atomic mass is 10.2. The number of pyridine rings is 1. The number of nitrogens with zero attached hydrogens (tertiary/aromatic N) is 3. The van der Waals surface area contributed by atoms with Crippen LogP contribution in [0.3, 0.4) is 0 Å². The highest BCUT2D eigenvalue weighted by Crippen LogP contribution is 2.38. The van der Waals surface area contributed by atoms with Crippen LogP contribution in [-0.2, 0) is 9.84 Å². The second kappa shape index (κ2) is 8.69. The molecule has 0 amide bonds. The van der Waals surface area contributed by atoms with E-state index < -0.39 is 14.8 Å². The van der Waals surface area contributed by atoms with Crippen molar-refractivity contribution >= 4 is 31.8 Å². The van der Waals surface area contributed by atoms with E-state index in [1.807, 2.05) is 30.3 Å². The predicted molar refractivity (Wildman–Crippen MR) is 121 cm³/mol. The summed E-state index contributed by atoms with van der Waals surface area (Å²) in [4.78, 5) is 18.9. The molecule has 0 saturated carbocycles. The van der Waals surface area contributed by atoms with E-state index in [9.17, 15) is 18.5 Å². The number of sulfone groups is 1. The van der Waals surface area contributed by atoms with Gasteiger partial charge in [0, 0.05) is 30.7 Å². The fourth-order valence-electron chi connectivity index (χ4n) is 2.80. The van der Waals surface area contributed by atoms with Gasteiger partial charge in [-0.2, -0.15) is 0 Å². The van der Waals surface area contributed by atoms with Crippen molar-refractivity contribution in [3.63, 3.8) is 0 Å². The Morgan fingerprint density at radius 3 is 2.44 bits per heavy atom. The van der Waals surface area contributed by atoms with Crippen LogP contribution in [0.2, 0.25) is 0 Å². The van der Waals surface area contributed by atoms with Crippen LogP contribution in [0.5, 0.6) is 11.5 Å². The first kappa shape index (κ1) is 21.3. The molecule has 0 aliphatic rings. The third-order valence-corrected chi connectivity index (χ3v) is 7.40. The lowest BCUT2D eigenvalue weighted by molar-refractivity contribution is -0.384. The van der Waals surface area contributed by atoms with Crippen molar-refractivity contribution in [3.05, 3.63) is 101 Å². The molecule has 0 unspecified atom stereocenters. The smallest absolute Gasteiger partial charge is 0.269 e. The molecule has 0 aliphatic heterocycles. The Morgan fingerprint density at radius 1 is 1.03 bits per heavy atom. The minimum Gasteiger partial charge on any atom is -0.457 e. The molecule has 0 fully saturated rings. The Kier molecular flexibility index (Phi) is 5.80. The average Bonchev–Trinajstić information content (AvgIpc) is 3.29. The molecule has 2 aromatic heterocycles. The zero-order valence-electron chi connectivity index (χ0n) is 16.4. The second-order valence-electron chi connectivity index (χ2n) is 6.49. The van der Waals surface area contributed by atoms with Crippen LogP contribution in [0.25, 0.3) is 15.3 Å². The van der Waals surface area contributed by atoms with E-state index in [0.717, 1.165) is 23.5 Å². The first-order valence-corrected chi connectivity index (χ1v) is 11.5. The maximum absolute atomic E-state index is 12.9. The summed E-state index contributed by atoms with van der Waals surface area (Å²) in [5.74, 6) is 1.19. The van der Waals surface area contributed by atoms with E-state index >= 15 is 0 Å². The summed E-state index contributed by atoms with van der Waals surface area (Å²) < 4.78 is 31.8. The van der Waals surface area contributed by atoms with E-state index in [1.165, 1.54) is 18.3 Å². The van der Waals surface area contributed by atoms with Crippen LogP contribution in [0, 0.1) is 10.1 Å². The Labute approximate surface area is 187 Å². The summed E-state index contributed by atoms with van der Waals surface area (Å²) in [6.07, 6.45) is 4.75. The van der Waals surface area contributed by atoms with Gasteiger partial charge in [-0.05, 0) is 30.3 Å². The molecule has 0 N–H and O–H groups in total. The standard InChI is InChI=1S/C22H15N3O5S2/c1-15(32(28,29)18-9-7-16(8-10-18)25(26)27)22-24-14-21(31-22)19-13-23-12-11-20(19)30-17-5-3-2-4-6-17/h2-14H,1H2. The Balaban J connectivity index is 1.63. The Hall–Kier alpha value is -3.89. The molecular formula is C22H15N3O5S2. The molecule has 0 saturated heterocycles. The highest BCUT2D eigenvalue weighted by Gasteiger charge is 2.24. The Morgan fingerprint density at radius 2 is 1.75 bits per heavy atom. The van der Waals surface area contributed by atoms with Gasteiger partial charge >= 0.3 is 0 Å². The summed E-state index contributed by atoms with van der Waals surface area (Å²) >= 11 is 1.13. The normalized spacial score (nSPS) is 11.1. The first-order valence-electron chi connectivity index (χ1n) is 9.18. The molecule has 160 valence electrons. The zero-order chi connectivity index (χ0) is 22.7. The number of para-hydroxylation sites is 1. The molecule has 2 aromatic carbocycles. The van der Waals surface area contributed by atoms with Gasteiger partial charge in [-0.25, -0.2) is 13.4 Å². The van der Waals surface area contributed by atoms with Crippen LogP contribution in [0.4, 0.5) is 5.69 Å². The minimum atomic E-state index is -3.98. The average molecular weight is 466 g/mol.